The van der Waals surface area contributed by atoms with Gasteiger partial charge in [-0.05, 0) is 24.3 Å². The Morgan fingerprint density at radius 2 is 1.83 bits per heavy atom. The van der Waals surface area contributed by atoms with Gasteiger partial charge in [-0.3, -0.25) is 9.78 Å². The number of carbonyl (C=O) groups is 1. The summed E-state index contributed by atoms with van der Waals surface area (Å²) >= 11 is 0. The lowest BCUT2D eigenvalue weighted by Gasteiger charge is -2.06. The van der Waals surface area contributed by atoms with E-state index in [1.54, 1.807) is 18.3 Å². The van der Waals surface area contributed by atoms with Crippen LogP contribution in [0.1, 0.15) is 16.1 Å². The van der Waals surface area contributed by atoms with Gasteiger partial charge in [0, 0.05) is 16.3 Å². The number of H-pyrrole nitrogens is 1. The Hall–Kier alpha value is -3.21. The molecule has 0 radical (unpaired) electrons. The van der Waals surface area contributed by atoms with Gasteiger partial charge in [-0.25, -0.2) is 4.39 Å². The summed E-state index contributed by atoms with van der Waals surface area (Å²) in [6, 6.07) is 15.9. The molecule has 5 heteroatoms. The van der Waals surface area contributed by atoms with Crippen LogP contribution in [0.3, 0.4) is 0 Å². The molecule has 2 heterocycles. The second-order valence-corrected chi connectivity index (χ2v) is 5.55. The number of para-hydroxylation sites is 1. The molecule has 4 aromatic rings. The van der Waals surface area contributed by atoms with Gasteiger partial charge < -0.3 is 10.3 Å². The molecule has 0 fully saturated rings. The van der Waals surface area contributed by atoms with Crippen LogP contribution >= 0.6 is 0 Å². The fraction of sp³-hybridized carbons (Fsp3) is 0.0526. The highest BCUT2D eigenvalue weighted by atomic mass is 19.1. The van der Waals surface area contributed by atoms with Crippen LogP contribution in [-0.2, 0) is 6.54 Å². The van der Waals surface area contributed by atoms with Gasteiger partial charge in [-0.15, -0.1) is 0 Å². The molecule has 24 heavy (non-hydrogen) atoms. The van der Waals surface area contributed by atoms with Crippen LogP contribution in [0.4, 0.5) is 4.39 Å². The minimum atomic E-state index is -0.532. The van der Waals surface area contributed by atoms with E-state index in [2.05, 4.69) is 15.3 Å². The molecule has 2 N–H and O–H groups in total. The monoisotopic (exact) mass is 319 g/mol. The van der Waals surface area contributed by atoms with Crippen LogP contribution in [-0.4, -0.2) is 15.9 Å². The molecule has 4 rings (SSSR count). The molecule has 0 aliphatic rings. The number of carbonyl (C=O) groups excluding carboxylic acids is 1. The zero-order valence-corrected chi connectivity index (χ0v) is 12.7. The number of benzene rings is 2. The van der Waals surface area contributed by atoms with E-state index in [0.29, 0.717) is 0 Å². The first-order valence-electron chi connectivity index (χ1n) is 7.60. The van der Waals surface area contributed by atoms with Crippen molar-refractivity contribution in [3.05, 3.63) is 77.9 Å². The molecule has 0 atom stereocenters. The van der Waals surface area contributed by atoms with E-state index < -0.39 is 11.7 Å². The maximum atomic E-state index is 13.6. The molecule has 0 unspecified atom stereocenters. The van der Waals surface area contributed by atoms with Gasteiger partial charge in [0.15, 0.2) is 0 Å². The van der Waals surface area contributed by atoms with E-state index in [0.717, 1.165) is 27.5 Å². The summed E-state index contributed by atoms with van der Waals surface area (Å²) in [7, 11) is 0. The van der Waals surface area contributed by atoms with Gasteiger partial charge in [-0.1, -0.05) is 30.3 Å². The maximum absolute atomic E-state index is 13.6. The summed E-state index contributed by atoms with van der Waals surface area (Å²) in [6.45, 7) is 0.239. The number of pyridine rings is 1. The highest BCUT2D eigenvalue weighted by Crippen LogP contribution is 2.24. The minimum Gasteiger partial charge on any atom is -0.353 e. The molecule has 2 aromatic heterocycles. The average Bonchev–Trinajstić information content (AvgIpc) is 2.98. The Balaban J connectivity index is 1.60. The number of nitrogens with zero attached hydrogens (tertiary/aromatic N) is 1. The van der Waals surface area contributed by atoms with Gasteiger partial charge in [-0.2, -0.15) is 0 Å². The molecule has 2 aromatic carbocycles. The maximum Gasteiger partial charge on any atom is 0.254 e. The molecule has 0 saturated heterocycles. The average molecular weight is 319 g/mol. The molecule has 0 aliphatic heterocycles. The Morgan fingerprint density at radius 1 is 1.04 bits per heavy atom. The summed E-state index contributed by atoms with van der Waals surface area (Å²) in [4.78, 5) is 19.7. The molecule has 0 bridgehead atoms. The number of halogens is 1. The zero-order chi connectivity index (χ0) is 16.5. The third kappa shape index (κ3) is 2.50. The van der Waals surface area contributed by atoms with Gasteiger partial charge >= 0.3 is 0 Å². The number of aromatic nitrogens is 2. The summed E-state index contributed by atoms with van der Waals surface area (Å²) in [5.41, 5.74) is 2.74. The Labute approximate surface area is 137 Å². The molecule has 0 saturated carbocycles. The molecule has 118 valence electrons. The first-order valence-corrected chi connectivity index (χ1v) is 7.60. The highest BCUT2D eigenvalue weighted by molar-refractivity contribution is 6.07. The number of hydrogen-bond donors (Lipinski definition) is 2. The van der Waals surface area contributed by atoms with Crippen LogP contribution in [0.2, 0.25) is 0 Å². The standard InChI is InChI=1S/C19H14FN3O/c20-16-7-3-1-6-14(16)19(24)22-10-12-9-15-13-5-2-4-8-17(13)23-18(15)11-21-12/h1-9,11,23H,10H2,(H,22,24). The first kappa shape index (κ1) is 14.4. The predicted molar refractivity (Wildman–Crippen MR) is 91.2 cm³/mol. The normalized spacial score (nSPS) is 11.0. The molecule has 0 aliphatic carbocycles. The van der Waals surface area contributed by atoms with E-state index in [1.807, 2.05) is 30.3 Å². The van der Waals surface area contributed by atoms with Crippen LogP contribution in [0.5, 0.6) is 0 Å². The highest BCUT2D eigenvalue weighted by Gasteiger charge is 2.11. The van der Waals surface area contributed by atoms with E-state index in [4.69, 9.17) is 0 Å². The Morgan fingerprint density at radius 3 is 2.71 bits per heavy atom. The summed E-state index contributed by atoms with van der Waals surface area (Å²) < 4.78 is 13.6. The van der Waals surface area contributed by atoms with E-state index in [1.165, 1.54) is 12.1 Å². The van der Waals surface area contributed by atoms with Gasteiger partial charge in [0.1, 0.15) is 5.82 Å². The topological polar surface area (TPSA) is 57.8 Å². The van der Waals surface area contributed by atoms with Crippen molar-refractivity contribution in [3.63, 3.8) is 0 Å². The number of amides is 1. The lowest BCUT2D eigenvalue weighted by molar-refractivity contribution is 0.0946. The van der Waals surface area contributed by atoms with Crippen molar-refractivity contribution >= 4 is 27.7 Å². The fourth-order valence-corrected chi connectivity index (χ4v) is 2.80. The molecule has 0 spiro atoms. The van der Waals surface area contributed by atoms with Gasteiger partial charge in [0.2, 0.25) is 0 Å². The van der Waals surface area contributed by atoms with Crippen LogP contribution in [0, 0.1) is 5.82 Å². The second kappa shape index (κ2) is 5.77. The van der Waals surface area contributed by atoms with Crippen molar-refractivity contribution in [2.75, 3.05) is 0 Å². The first-order chi connectivity index (χ1) is 11.7. The fourth-order valence-electron chi connectivity index (χ4n) is 2.80. The number of hydrogen-bond acceptors (Lipinski definition) is 2. The third-order valence-electron chi connectivity index (χ3n) is 4.00. The number of aromatic amines is 1. The second-order valence-electron chi connectivity index (χ2n) is 5.55. The van der Waals surface area contributed by atoms with E-state index in [9.17, 15) is 9.18 Å². The molecular weight excluding hydrogens is 305 g/mol. The molecule has 1 amide bonds. The van der Waals surface area contributed by atoms with Crippen LogP contribution in [0.25, 0.3) is 21.8 Å². The molecule has 4 nitrogen and oxygen atoms in total. The Kier molecular flexibility index (Phi) is 3.46. The number of nitrogens with one attached hydrogen (secondary N) is 2. The largest absolute Gasteiger partial charge is 0.353 e. The lowest BCUT2D eigenvalue weighted by Crippen LogP contribution is -2.24. The van der Waals surface area contributed by atoms with E-state index in [-0.39, 0.29) is 12.1 Å². The lowest BCUT2D eigenvalue weighted by atomic mass is 10.1. The number of rotatable bonds is 3. The minimum absolute atomic E-state index is 0.0330. The van der Waals surface area contributed by atoms with Crippen molar-refractivity contribution in [1.82, 2.24) is 15.3 Å². The summed E-state index contributed by atoms with van der Waals surface area (Å²) in [5, 5.41) is 4.87. The van der Waals surface area contributed by atoms with Crippen molar-refractivity contribution in [3.8, 4) is 0 Å². The van der Waals surface area contributed by atoms with Gasteiger partial charge in [0.05, 0.1) is 29.5 Å². The smallest absolute Gasteiger partial charge is 0.254 e. The molecular formula is C19H14FN3O. The van der Waals surface area contributed by atoms with Crippen molar-refractivity contribution in [1.29, 1.82) is 0 Å². The predicted octanol–water partition coefficient (Wildman–Crippen LogP) is 3.79. The SMILES string of the molecule is O=C(NCc1cc2c(cn1)[nH]c1ccccc12)c1ccccc1F. The third-order valence-corrected chi connectivity index (χ3v) is 4.00. The summed E-state index contributed by atoms with van der Waals surface area (Å²) in [5.74, 6) is -0.982. The van der Waals surface area contributed by atoms with Crippen LogP contribution in [0.15, 0.2) is 60.8 Å². The Bertz CT molecular complexity index is 1050. The van der Waals surface area contributed by atoms with Gasteiger partial charge in [0.25, 0.3) is 5.91 Å². The summed E-state index contributed by atoms with van der Waals surface area (Å²) in [6.07, 6.45) is 1.75. The van der Waals surface area contributed by atoms with Crippen molar-refractivity contribution in [2.45, 2.75) is 6.54 Å². The van der Waals surface area contributed by atoms with Crippen LogP contribution < -0.4 is 5.32 Å². The number of fused-ring (bicyclic) bond motifs is 3. The van der Waals surface area contributed by atoms with E-state index >= 15 is 0 Å². The quantitative estimate of drug-likeness (QED) is 0.604. The van der Waals surface area contributed by atoms with Crippen molar-refractivity contribution in [2.24, 2.45) is 0 Å². The zero-order valence-electron chi connectivity index (χ0n) is 12.7. The van der Waals surface area contributed by atoms with Crippen molar-refractivity contribution < 1.29 is 9.18 Å².